The molecule has 0 fully saturated rings. The summed E-state index contributed by atoms with van der Waals surface area (Å²) in [5.41, 5.74) is 2.41. The number of hydrogen-bond acceptors (Lipinski definition) is 3. The van der Waals surface area contributed by atoms with E-state index in [2.05, 4.69) is 31.5 Å². The van der Waals surface area contributed by atoms with Gasteiger partial charge in [-0.25, -0.2) is 4.98 Å². The smallest absolute Gasteiger partial charge is 0.255 e. The Morgan fingerprint density at radius 1 is 1.26 bits per heavy atom. The number of aromatic nitrogens is 1. The number of halogens is 1. The van der Waals surface area contributed by atoms with Gasteiger partial charge in [0, 0.05) is 29.0 Å². The van der Waals surface area contributed by atoms with Crippen LogP contribution in [0.5, 0.6) is 0 Å². The zero-order valence-electron chi connectivity index (χ0n) is 10.7. The molecule has 0 aliphatic carbocycles. The SMILES string of the molecule is CNc1cc(C(=O)Nc2ccc(Br)c(C)c2)ccn1. The van der Waals surface area contributed by atoms with Crippen molar-refractivity contribution < 1.29 is 4.79 Å². The largest absolute Gasteiger partial charge is 0.373 e. The highest BCUT2D eigenvalue weighted by Gasteiger charge is 2.07. The number of nitrogens with zero attached hydrogens (tertiary/aromatic N) is 1. The molecular formula is C14H14BrN3O. The minimum atomic E-state index is -0.152. The van der Waals surface area contributed by atoms with Crippen molar-refractivity contribution in [3.8, 4) is 0 Å². The maximum absolute atomic E-state index is 12.1. The minimum Gasteiger partial charge on any atom is -0.373 e. The maximum Gasteiger partial charge on any atom is 0.255 e. The van der Waals surface area contributed by atoms with Crippen LogP contribution in [0.2, 0.25) is 0 Å². The summed E-state index contributed by atoms with van der Waals surface area (Å²) < 4.78 is 1.02. The van der Waals surface area contributed by atoms with E-state index in [-0.39, 0.29) is 5.91 Å². The molecule has 1 amide bonds. The summed E-state index contributed by atoms with van der Waals surface area (Å²) in [4.78, 5) is 16.2. The third-order valence-electron chi connectivity index (χ3n) is 2.69. The Hall–Kier alpha value is -1.88. The molecule has 0 bridgehead atoms. The summed E-state index contributed by atoms with van der Waals surface area (Å²) in [5, 5.41) is 5.77. The van der Waals surface area contributed by atoms with Gasteiger partial charge in [-0.3, -0.25) is 4.79 Å². The first-order valence-electron chi connectivity index (χ1n) is 5.81. The van der Waals surface area contributed by atoms with Gasteiger partial charge in [-0.1, -0.05) is 15.9 Å². The number of nitrogens with one attached hydrogen (secondary N) is 2. The molecule has 0 atom stereocenters. The van der Waals surface area contributed by atoms with Crippen LogP contribution in [-0.2, 0) is 0 Å². The van der Waals surface area contributed by atoms with Crippen molar-refractivity contribution in [1.82, 2.24) is 4.98 Å². The third-order valence-corrected chi connectivity index (χ3v) is 3.58. The first-order valence-corrected chi connectivity index (χ1v) is 6.61. The van der Waals surface area contributed by atoms with Crippen LogP contribution in [0.15, 0.2) is 41.0 Å². The van der Waals surface area contributed by atoms with Gasteiger partial charge in [-0.2, -0.15) is 0 Å². The first kappa shape index (κ1) is 13.5. The zero-order chi connectivity index (χ0) is 13.8. The molecule has 5 heteroatoms. The van der Waals surface area contributed by atoms with Crippen LogP contribution in [-0.4, -0.2) is 17.9 Å². The highest BCUT2D eigenvalue weighted by atomic mass is 79.9. The molecule has 1 aromatic carbocycles. The van der Waals surface area contributed by atoms with Crippen molar-refractivity contribution in [3.05, 3.63) is 52.1 Å². The lowest BCUT2D eigenvalue weighted by molar-refractivity contribution is 0.102. The second-order valence-corrected chi connectivity index (χ2v) is 4.95. The zero-order valence-corrected chi connectivity index (χ0v) is 12.3. The van der Waals surface area contributed by atoms with E-state index in [1.165, 1.54) is 0 Å². The van der Waals surface area contributed by atoms with E-state index in [0.29, 0.717) is 11.4 Å². The number of amides is 1. The molecule has 98 valence electrons. The van der Waals surface area contributed by atoms with E-state index in [1.807, 2.05) is 25.1 Å². The molecule has 0 spiro atoms. The number of rotatable bonds is 3. The van der Waals surface area contributed by atoms with Gasteiger partial charge in [-0.05, 0) is 42.8 Å². The van der Waals surface area contributed by atoms with Crippen LogP contribution in [0.25, 0.3) is 0 Å². The van der Waals surface area contributed by atoms with Gasteiger partial charge in [0.15, 0.2) is 0 Å². The number of carbonyl (C=O) groups excluding carboxylic acids is 1. The first-order chi connectivity index (χ1) is 9.10. The molecule has 0 radical (unpaired) electrons. The average Bonchev–Trinajstić information content (AvgIpc) is 2.43. The standard InChI is InChI=1S/C14H14BrN3O/c1-9-7-11(3-4-12(9)15)18-14(19)10-5-6-17-13(8-10)16-2/h3-8H,1-2H3,(H,16,17)(H,18,19). The summed E-state index contributed by atoms with van der Waals surface area (Å²) in [5.74, 6) is 0.514. The van der Waals surface area contributed by atoms with Gasteiger partial charge in [0.25, 0.3) is 5.91 Å². The molecule has 0 aliphatic rings. The summed E-state index contributed by atoms with van der Waals surface area (Å²) in [6, 6.07) is 9.08. The van der Waals surface area contributed by atoms with Crippen molar-refractivity contribution in [3.63, 3.8) is 0 Å². The fraction of sp³-hybridized carbons (Fsp3) is 0.143. The molecule has 1 heterocycles. The van der Waals surface area contributed by atoms with Crippen molar-refractivity contribution in [2.45, 2.75) is 6.92 Å². The fourth-order valence-electron chi connectivity index (χ4n) is 1.63. The van der Waals surface area contributed by atoms with E-state index < -0.39 is 0 Å². The Labute approximate surface area is 120 Å². The van der Waals surface area contributed by atoms with Gasteiger partial charge >= 0.3 is 0 Å². The molecule has 0 unspecified atom stereocenters. The monoisotopic (exact) mass is 319 g/mol. The molecule has 2 rings (SSSR count). The van der Waals surface area contributed by atoms with Gasteiger partial charge in [0.05, 0.1) is 0 Å². The quantitative estimate of drug-likeness (QED) is 0.911. The van der Waals surface area contributed by atoms with Gasteiger partial charge in [0.1, 0.15) is 5.82 Å². The second kappa shape index (κ2) is 5.84. The maximum atomic E-state index is 12.1. The van der Waals surface area contributed by atoms with Crippen molar-refractivity contribution >= 4 is 33.3 Å². The molecule has 0 saturated heterocycles. The summed E-state index contributed by atoms with van der Waals surface area (Å²) >= 11 is 3.43. The third kappa shape index (κ3) is 3.32. The highest BCUT2D eigenvalue weighted by Crippen LogP contribution is 2.20. The van der Waals surface area contributed by atoms with E-state index in [0.717, 1.165) is 15.7 Å². The van der Waals surface area contributed by atoms with Crippen LogP contribution < -0.4 is 10.6 Å². The van der Waals surface area contributed by atoms with E-state index in [9.17, 15) is 4.79 Å². The van der Waals surface area contributed by atoms with E-state index in [4.69, 9.17) is 0 Å². The molecular weight excluding hydrogens is 306 g/mol. The normalized spacial score (nSPS) is 10.1. The Kier molecular flexibility index (Phi) is 4.16. The van der Waals surface area contributed by atoms with Crippen LogP contribution in [0.1, 0.15) is 15.9 Å². The Morgan fingerprint density at radius 3 is 2.74 bits per heavy atom. The molecule has 19 heavy (non-hydrogen) atoms. The number of benzene rings is 1. The molecule has 2 aromatic rings. The summed E-state index contributed by atoms with van der Waals surface area (Å²) in [7, 11) is 1.77. The highest BCUT2D eigenvalue weighted by molar-refractivity contribution is 9.10. The fourth-order valence-corrected chi connectivity index (χ4v) is 1.88. The number of anilines is 2. The number of carbonyl (C=O) groups is 1. The Bertz CT molecular complexity index is 613. The predicted octanol–water partition coefficient (Wildman–Crippen LogP) is 3.45. The molecule has 1 aromatic heterocycles. The van der Waals surface area contributed by atoms with Gasteiger partial charge in [0.2, 0.25) is 0 Å². The predicted molar refractivity (Wildman–Crippen MR) is 80.6 cm³/mol. The molecule has 0 saturated carbocycles. The molecule has 0 aliphatic heterocycles. The van der Waals surface area contributed by atoms with Crippen LogP contribution in [0, 0.1) is 6.92 Å². The van der Waals surface area contributed by atoms with Crippen molar-refractivity contribution in [1.29, 1.82) is 0 Å². The molecule has 2 N–H and O–H groups in total. The number of hydrogen-bond donors (Lipinski definition) is 2. The lowest BCUT2D eigenvalue weighted by Crippen LogP contribution is -2.12. The van der Waals surface area contributed by atoms with Crippen molar-refractivity contribution in [2.75, 3.05) is 17.7 Å². The summed E-state index contributed by atoms with van der Waals surface area (Å²) in [6.45, 7) is 1.98. The van der Waals surface area contributed by atoms with Crippen LogP contribution in [0.3, 0.4) is 0 Å². The van der Waals surface area contributed by atoms with Gasteiger partial charge < -0.3 is 10.6 Å². The lowest BCUT2D eigenvalue weighted by Gasteiger charge is -2.08. The second-order valence-electron chi connectivity index (χ2n) is 4.10. The van der Waals surface area contributed by atoms with Crippen LogP contribution in [0.4, 0.5) is 11.5 Å². The Morgan fingerprint density at radius 2 is 2.05 bits per heavy atom. The van der Waals surface area contributed by atoms with Gasteiger partial charge in [-0.15, -0.1) is 0 Å². The average molecular weight is 320 g/mol. The van der Waals surface area contributed by atoms with E-state index in [1.54, 1.807) is 25.4 Å². The molecule has 4 nitrogen and oxygen atoms in total. The topological polar surface area (TPSA) is 54.0 Å². The number of pyridine rings is 1. The van der Waals surface area contributed by atoms with Crippen molar-refractivity contribution in [2.24, 2.45) is 0 Å². The van der Waals surface area contributed by atoms with Crippen LogP contribution >= 0.6 is 15.9 Å². The number of aryl methyl sites for hydroxylation is 1. The Balaban J connectivity index is 2.18. The summed E-state index contributed by atoms with van der Waals surface area (Å²) in [6.07, 6.45) is 1.60. The van der Waals surface area contributed by atoms with E-state index >= 15 is 0 Å². The lowest BCUT2D eigenvalue weighted by atomic mass is 10.2. The minimum absolute atomic E-state index is 0.152.